The summed E-state index contributed by atoms with van der Waals surface area (Å²) in [5, 5.41) is 21.6. The number of amides is 1. The maximum absolute atomic E-state index is 12.2. The number of carbonyl (C=O) groups excluding carboxylic acids is 1. The van der Waals surface area contributed by atoms with Gasteiger partial charge < -0.3 is 19.7 Å². The molecule has 0 spiro atoms. The van der Waals surface area contributed by atoms with E-state index < -0.39 is 6.61 Å². The molecule has 0 aliphatic carbocycles. The molecule has 0 fully saturated rings. The van der Waals surface area contributed by atoms with Gasteiger partial charge in [0.15, 0.2) is 11.0 Å². The Bertz CT molecular complexity index is 1030. The number of aromatic nitrogens is 3. The molecule has 3 rings (SSSR count). The number of ether oxygens (including phenoxy) is 1. The molecule has 3 aromatic rings. The van der Waals surface area contributed by atoms with Crippen LogP contribution in [0.25, 0.3) is 11.4 Å². The number of nitrogens with zero attached hydrogens (tertiary/aromatic N) is 3. The summed E-state index contributed by atoms with van der Waals surface area (Å²) in [6.45, 7) is -0.444. The van der Waals surface area contributed by atoms with Gasteiger partial charge in [-0.2, -0.15) is 8.78 Å². The second-order valence-corrected chi connectivity index (χ2v) is 7.81. The zero-order valence-corrected chi connectivity index (χ0v) is 18.1. The summed E-state index contributed by atoms with van der Waals surface area (Å²) >= 11 is 4.57. The van der Waals surface area contributed by atoms with Crippen LogP contribution in [0.1, 0.15) is 6.92 Å². The minimum absolute atomic E-state index is 0.0109. The molecule has 0 unspecified atom stereocenters. The van der Waals surface area contributed by atoms with Crippen LogP contribution in [0.5, 0.6) is 11.5 Å². The maximum Gasteiger partial charge on any atom is 0.387 e. The summed E-state index contributed by atoms with van der Waals surface area (Å²) < 4.78 is 31.2. The summed E-state index contributed by atoms with van der Waals surface area (Å²) in [6, 6.07) is 10.7. The third-order valence-electron chi connectivity index (χ3n) is 3.93. The lowest BCUT2D eigenvalue weighted by molar-refractivity contribution is -0.113. The highest BCUT2D eigenvalue weighted by Gasteiger charge is 2.17. The fourth-order valence-corrected chi connectivity index (χ4v) is 3.78. The van der Waals surface area contributed by atoms with Crippen molar-refractivity contribution < 1.29 is 23.4 Å². The highest BCUT2D eigenvalue weighted by molar-refractivity contribution is 9.10. The standard InChI is InChI=1S/C19H17BrF2N4O3S/c1-2-26-17(14-9-11(20)3-8-15(14)27)24-25-19(26)30-10-16(28)23-12-4-6-13(7-5-12)29-18(21)22/h3-9,18,27H,2,10H2,1H3,(H,23,28). The van der Waals surface area contributed by atoms with E-state index in [1.165, 1.54) is 36.0 Å². The van der Waals surface area contributed by atoms with Crippen LogP contribution < -0.4 is 10.1 Å². The zero-order valence-electron chi connectivity index (χ0n) is 15.7. The average molecular weight is 499 g/mol. The summed E-state index contributed by atoms with van der Waals surface area (Å²) in [7, 11) is 0. The number of halogens is 3. The number of alkyl halides is 2. The van der Waals surface area contributed by atoms with Crippen molar-refractivity contribution in [2.45, 2.75) is 25.2 Å². The van der Waals surface area contributed by atoms with Crippen LogP contribution >= 0.6 is 27.7 Å². The van der Waals surface area contributed by atoms with Crippen molar-refractivity contribution in [2.24, 2.45) is 0 Å². The normalized spacial score (nSPS) is 11.0. The van der Waals surface area contributed by atoms with Gasteiger partial charge in [0, 0.05) is 16.7 Å². The fourth-order valence-electron chi connectivity index (χ4n) is 2.61. The summed E-state index contributed by atoms with van der Waals surface area (Å²) in [6.07, 6.45) is 0. The van der Waals surface area contributed by atoms with Crippen LogP contribution in [-0.4, -0.2) is 38.1 Å². The Morgan fingerprint density at radius 1 is 1.27 bits per heavy atom. The van der Waals surface area contributed by atoms with E-state index in [1.807, 2.05) is 6.92 Å². The van der Waals surface area contributed by atoms with Gasteiger partial charge in [-0.3, -0.25) is 4.79 Å². The number of thioether (sulfide) groups is 1. The van der Waals surface area contributed by atoms with Crippen molar-refractivity contribution in [2.75, 3.05) is 11.1 Å². The second kappa shape index (κ2) is 9.90. The van der Waals surface area contributed by atoms with Crippen molar-refractivity contribution in [3.63, 3.8) is 0 Å². The summed E-state index contributed by atoms with van der Waals surface area (Å²) in [5.74, 6) is 0.359. The molecule has 2 aromatic carbocycles. The lowest BCUT2D eigenvalue weighted by Crippen LogP contribution is -2.14. The van der Waals surface area contributed by atoms with Crippen molar-refractivity contribution in [3.8, 4) is 22.9 Å². The smallest absolute Gasteiger partial charge is 0.387 e. The second-order valence-electron chi connectivity index (χ2n) is 5.95. The maximum atomic E-state index is 12.2. The molecule has 0 aliphatic rings. The molecule has 0 radical (unpaired) electrons. The average Bonchev–Trinajstić information content (AvgIpc) is 3.12. The van der Waals surface area contributed by atoms with Gasteiger partial charge in [0.25, 0.3) is 0 Å². The number of rotatable bonds is 8. The Labute approximate surface area is 183 Å². The number of hydrogen-bond donors (Lipinski definition) is 2. The van der Waals surface area contributed by atoms with Gasteiger partial charge in [0.2, 0.25) is 5.91 Å². The van der Waals surface area contributed by atoms with Gasteiger partial charge in [-0.05, 0) is 49.4 Å². The Kier molecular flexibility index (Phi) is 7.27. The lowest BCUT2D eigenvalue weighted by atomic mass is 10.2. The predicted molar refractivity (Wildman–Crippen MR) is 113 cm³/mol. The van der Waals surface area contributed by atoms with Crippen LogP contribution in [0.3, 0.4) is 0 Å². The number of phenols is 1. The van der Waals surface area contributed by atoms with Gasteiger partial charge in [0.1, 0.15) is 11.5 Å². The number of carbonyl (C=O) groups is 1. The minimum Gasteiger partial charge on any atom is -0.507 e. The first kappa shape index (κ1) is 22.0. The van der Waals surface area contributed by atoms with Gasteiger partial charge in [0.05, 0.1) is 11.3 Å². The number of anilines is 1. The molecule has 0 aliphatic heterocycles. The SMILES string of the molecule is CCn1c(SCC(=O)Nc2ccc(OC(F)F)cc2)nnc1-c1cc(Br)ccc1O. The monoisotopic (exact) mass is 498 g/mol. The molecule has 30 heavy (non-hydrogen) atoms. The van der Waals surface area contributed by atoms with Gasteiger partial charge in [-0.1, -0.05) is 27.7 Å². The van der Waals surface area contributed by atoms with E-state index in [1.54, 1.807) is 22.8 Å². The zero-order chi connectivity index (χ0) is 21.7. The predicted octanol–water partition coefficient (Wildman–Crippen LogP) is 4.77. The highest BCUT2D eigenvalue weighted by Crippen LogP contribution is 2.32. The van der Waals surface area contributed by atoms with E-state index in [0.717, 1.165) is 4.47 Å². The van der Waals surface area contributed by atoms with Crippen molar-refractivity contribution in [3.05, 3.63) is 46.9 Å². The first-order valence-electron chi connectivity index (χ1n) is 8.77. The largest absolute Gasteiger partial charge is 0.507 e. The van der Waals surface area contributed by atoms with Crippen LogP contribution in [-0.2, 0) is 11.3 Å². The third kappa shape index (κ3) is 5.48. The van der Waals surface area contributed by atoms with Gasteiger partial charge in [-0.25, -0.2) is 0 Å². The summed E-state index contributed by atoms with van der Waals surface area (Å²) in [5.41, 5.74) is 0.986. The lowest BCUT2D eigenvalue weighted by Gasteiger charge is -2.09. The Balaban J connectivity index is 1.65. The van der Waals surface area contributed by atoms with E-state index in [4.69, 9.17) is 0 Å². The highest BCUT2D eigenvalue weighted by atomic mass is 79.9. The van der Waals surface area contributed by atoms with Gasteiger partial charge in [-0.15, -0.1) is 10.2 Å². The minimum atomic E-state index is -2.90. The third-order valence-corrected chi connectivity index (χ3v) is 5.39. The Morgan fingerprint density at radius 2 is 2.00 bits per heavy atom. The van der Waals surface area contributed by atoms with E-state index in [-0.39, 0.29) is 23.2 Å². The quantitative estimate of drug-likeness (QED) is 0.435. The molecule has 1 heterocycles. The Hall–Kier alpha value is -2.66. The molecule has 7 nitrogen and oxygen atoms in total. The van der Waals surface area contributed by atoms with E-state index in [0.29, 0.717) is 28.8 Å². The molecule has 0 saturated heterocycles. The molecule has 0 atom stereocenters. The molecular formula is C19H17BrF2N4O3S. The number of phenolic OH excluding ortho intramolecular Hbond substituents is 1. The van der Waals surface area contributed by atoms with Gasteiger partial charge >= 0.3 is 6.61 Å². The molecule has 0 saturated carbocycles. The number of benzene rings is 2. The number of nitrogens with one attached hydrogen (secondary N) is 1. The van der Waals surface area contributed by atoms with E-state index in [9.17, 15) is 18.7 Å². The first-order valence-corrected chi connectivity index (χ1v) is 10.5. The topological polar surface area (TPSA) is 89.3 Å². The van der Waals surface area contributed by atoms with E-state index in [2.05, 4.69) is 36.2 Å². The molecule has 0 bridgehead atoms. The van der Waals surface area contributed by atoms with Crippen LogP contribution in [0.15, 0.2) is 52.1 Å². The molecule has 1 amide bonds. The fraction of sp³-hybridized carbons (Fsp3) is 0.211. The van der Waals surface area contributed by atoms with Crippen LogP contribution in [0.4, 0.5) is 14.5 Å². The molecule has 1 aromatic heterocycles. The molecular weight excluding hydrogens is 482 g/mol. The van der Waals surface area contributed by atoms with Crippen molar-refractivity contribution in [1.29, 1.82) is 0 Å². The molecule has 2 N–H and O–H groups in total. The molecule has 11 heteroatoms. The summed E-state index contributed by atoms with van der Waals surface area (Å²) in [4.78, 5) is 12.2. The van der Waals surface area contributed by atoms with Crippen molar-refractivity contribution >= 4 is 39.3 Å². The van der Waals surface area contributed by atoms with Crippen molar-refractivity contribution in [1.82, 2.24) is 14.8 Å². The van der Waals surface area contributed by atoms with E-state index >= 15 is 0 Å². The first-order chi connectivity index (χ1) is 14.4. The number of aromatic hydroxyl groups is 1. The Morgan fingerprint density at radius 3 is 2.67 bits per heavy atom. The van der Waals surface area contributed by atoms with Crippen LogP contribution in [0.2, 0.25) is 0 Å². The molecule has 158 valence electrons. The van der Waals surface area contributed by atoms with Crippen LogP contribution in [0, 0.1) is 0 Å². The number of hydrogen-bond acceptors (Lipinski definition) is 6.